The Balaban J connectivity index is 2.02. The van der Waals surface area contributed by atoms with Crippen LogP contribution >= 0.6 is 0 Å². The summed E-state index contributed by atoms with van der Waals surface area (Å²) < 4.78 is 0. The van der Waals surface area contributed by atoms with Crippen LogP contribution in [0.3, 0.4) is 0 Å². The van der Waals surface area contributed by atoms with Gasteiger partial charge in [0.25, 0.3) is 11.4 Å². The summed E-state index contributed by atoms with van der Waals surface area (Å²) in [4.78, 5) is 20.2. The Labute approximate surface area is 114 Å². The van der Waals surface area contributed by atoms with Gasteiger partial charge in [0.2, 0.25) is 0 Å². The van der Waals surface area contributed by atoms with E-state index in [1.165, 1.54) is 12.1 Å². The molecule has 1 aromatic carbocycles. The molecule has 0 amide bonds. The summed E-state index contributed by atoms with van der Waals surface area (Å²) in [5.41, 5.74) is -0.227. The van der Waals surface area contributed by atoms with Gasteiger partial charge in [0.05, 0.1) is 22.0 Å². The molecule has 1 unspecified atom stereocenters. The maximum absolute atomic E-state index is 10.9. The maximum Gasteiger partial charge on any atom is 0.280 e. The van der Waals surface area contributed by atoms with E-state index in [1.54, 1.807) is 0 Å². The molecular formula is C12H15N3O5. The number of benzene rings is 1. The van der Waals surface area contributed by atoms with Crippen LogP contribution in [0.5, 0.6) is 0 Å². The Bertz CT molecular complexity index is 530. The Morgan fingerprint density at radius 2 is 2.00 bits per heavy atom. The van der Waals surface area contributed by atoms with Gasteiger partial charge in [-0.3, -0.25) is 20.2 Å². The van der Waals surface area contributed by atoms with E-state index in [0.29, 0.717) is 18.0 Å². The number of rotatable bonds is 7. The molecular weight excluding hydrogens is 266 g/mol. The maximum atomic E-state index is 10.9. The Kier molecular flexibility index (Phi) is 4.26. The summed E-state index contributed by atoms with van der Waals surface area (Å²) in [6.45, 7) is 0.552. The fourth-order valence-electron chi connectivity index (χ4n) is 1.99. The van der Waals surface area contributed by atoms with Gasteiger partial charge in [-0.15, -0.1) is 0 Å². The lowest BCUT2D eigenvalue weighted by atomic mass is 10.1. The molecule has 0 radical (unpaired) electrons. The summed E-state index contributed by atoms with van der Waals surface area (Å²) in [6, 6.07) is 3.56. The summed E-state index contributed by atoms with van der Waals surface area (Å²) >= 11 is 0. The first kappa shape index (κ1) is 14.4. The highest BCUT2D eigenvalue weighted by Gasteiger charge is 2.29. The van der Waals surface area contributed by atoms with Crippen LogP contribution in [0.1, 0.15) is 18.4 Å². The minimum atomic E-state index is -0.666. The van der Waals surface area contributed by atoms with E-state index < -0.39 is 16.0 Å². The van der Waals surface area contributed by atoms with Crippen molar-refractivity contribution in [3.8, 4) is 0 Å². The number of hydrogen-bond acceptors (Lipinski definition) is 6. The summed E-state index contributed by atoms with van der Waals surface area (Å²) in [5, 5.41) is 34.1. The molecule has 1 aliphatic rings. The first-order chi connectivity index (χ1) is 9.49. The van der Waals surface area contributed by atoms with Crippen LogP contribution in [0.15, 0.2) is 18.2 Å². The third kappa shape index (κ3) is 3.49. The standard InChI is InChI=1S/C12H15N3O5/c16-12(8-1-2-8)7-13-6-9-3-4-10(14(17)18)5-11(9)15(19)20/h3-5,8,12-13,16H,1-2,6-7H2. The van der Waals surface area contributed by atoms with E-state index in [9.17, 15) is 25.3 Å². The number of aliphatic hydroxyl groups excluding tert-OH is 1. The van der Waals surface area contributed by atoms with Gasteiger partial charge >= 0.3 is 0 Å². The number of nitrogens with zero attached hydrogens (tertiary/aromatic N) is 2. The van der Waals surface area contributed by atoms with Gasteiger partial charge in [-0.25, -0.2) is 0 Å². The molecule has 1 atom stereocenters. The summed E-state index contributed by atoms with van der Waals surface area (Å²) in [6.07, 6.45) is 1.59. The molecule has 1 saturated carbocycles. The van der Waals surface area contributed by atoms with Crippen molar-refractivity contribution < 1.29 is 15.0 Å². The van der Waals surface area contributed by atoms with Crippen molar-refractivity contribution in [2.24, 2.45) is 5.92 Å². The van der Waals surface area contributed by atoms with Crippen LogP contribution in [-0.4, -0.2) is 27.6 Å². The number of aliphatic hydroxyl groups is 1. The number of hydrogen-bond donors (Lipinski definition) is 2. The number of non-ortho nitro benzene ring substituents is 1. The minimum absolute atomic E-state index is 0.193. The predicted molar refractivity (Wildman–Crippen MR) is 70.2 cm³/mol. The normalized spacial score (nSPS) is 15.8. The summed E-state index contributed by atoms with van der Waals surface area (Å²) in [7, 11) is 0. The average molecular weight is 281 g/mol. The molecule has 8 heteroatoms. The van der Waals surface area contributed by atoms with E-state index >= 15 is 0 Å². The number of nitro groups is 2. The smallest absolute Gasteiger partial charge is 0.280 e. The quantitative estimate of drug-likeness (QED) is 0.575. The topological polar surface area (TPSA) is 119 Å². The highest BCUT2D eigenvalue weighted by molar-refractivity contribution is 5.49. The van der Waals surface area contributed by atoms with Crippen LogP contribution in [0, 0.1) is 26.1 Å². The van der Waals surface area contributed by atoms with Crippen molar-refractivity contribution in [3.63, 3.8) is 0 Å². The number of nitro benzene ring substituents is 2. The van der Waals surface area contributed by atoms with Crippen molar-refractivity contribution >= 4 is 11.4 Å². The Morgan fingerprint density at radius 3 is 2.55 bits per heavy atom. The molecule has 1 aromatic rings. The molecule has 20 heavy (non-hydrogen) atoms. The zero-order valence-corrected chi connectivity index (χ0v) is 10.7. The second-order valence-electron chi connectivity index (χ2n) is 4.86. The SMILES string of the molecule is O=[N+]([O-])c1ccc(CNCC(O)C2CC2)c([N+](=O)[O-])c1. The molecule has 1 aliphatic carbocycles. The van der Waals surface area contributed by atoms with Gasteiger partial charge in [-0.1, -0.05) is 0 Å². The lowest BCUT2D eigenvalue weighted by Crippen LogP contribution is -2.28. The zero-order valence-electron chi connectivity index (χ0n) is 10.7. The molecule has 0 aliphatic heterocycles. The fraction of sp³-hybridized carbons (Fsp3) is 0.500. The fourth-order valence-corrected chi connectivity index (χ4v) is 1.99. The first-order valence-electron chi connectivity index (χ1n) is 6.29. The largest absolute Gasteiger partial charge is 0.392 e. The Hall–Kier alpha value is -2.06. The van der Waals surface area contributed by atoms with Crippen molar-refractivity contribution in [2.75, 3.05) is 6.54 Å². The molecule has 0 spiro atoms. The van der Waals surface area contributed by atoms with Crippen LogP contribution < -0.4 is 5.32 Å². The second kappa shape index (κ2) is 5.93. The van der Waals surface area contributed by atoms with Gasteiger partial charge in [0.15, 0.2) is 0 Å². The van der Waals surface area contributed by atoms with Gasteiger partial charge in [0.1, 0.15) is 0 Å². The van der Waals surface area contributed by atoms with Crippen LogP contribution in [0.25, 0.3) is 0 Å². The monoisotopic (exact) mass is 281 g/mol. The molecule has 2 rings (SSSR count). The van der Waals surface area contributed by atoms with E-state index in [1.807, 2.05) is 0 Å². The van der Waals surface area contributed by atoms with Gasteiger partial charge < -0.3 is 10.4 Å². The van der Waals surface area contributed by atoms with Crippen LogP contribution in [-0.2, 0) is 6.54 Å². The molecule has 0 heterocycles. The Morgan fingerprint density at radius 1 is 1.30 bits per heavy atom. The van der Waals surface area contributed by atoms with Crippen molar-refractivity contribution in [1.82, 2.24) is 5.32 Å². The molecule has 108 valence electrons. The third-order valence-corrected chi connectivity index (χ3v) is 3.31. The highest BCUT2D eigenvalue weighted by Crippen LogP contribution is 2.32. The molecule has 8 nitrogen and oxygen atoms in total. The molecule has 0 aromatic heterocycles. The van der Waals surface area contributed by atoms with E-state index in [-0.39, 0.29) is 17.9 Å². The molecule has 2 N–H and O–H groups in total. The summed E-state index contributed by atoms with van der Waals surface area (Å²) in [5.74, 6) is 0.328. The highest BCUT2D eigenvalue weighted by atomic mass is 16.6. The van der Waals surface area contributed by atoms with Gasteiger partial charge in [-0.05, 0) is 24.8 Å². The van der Waals surface area contributed by atoms with Crippen molar-refractivity contribution in [2.45, 2.75) is 25.5 Å². The van der Waals surface area contributed by atoms with Gasteiger partial charge in [0, 0.05) is 24.7 Å². The zero-order chi connectivity index (χ0) is 14.7. The molecule has 0 bridgehead atoms. The van der Waals surface area contributed by atoms with E-state index in [0.717, 1.165) is 18.9 Å². The van der Waals surface area contributed by atoms with E-state index in [2.05, 4.69) is 5.32 Å². The lowest BCUT2D eigenvalue weighted by Gasteiger charge is -2.10. The van der Waals surface area contributed by atoms with Crippen molar-refractivity contribution in [3.05, 3.63) is 44.0 Å². The van der Waals surface area contributed by atoms with Crippen LogP contribution in [0.2, 0.25) is 0 Å². The predicted octanol–water partition coefficient (Wildman–Crippen LogP) is 1.36. The average Bonchev–Trinajstić information content (AvgIpc) is 3.22. The second-order valence-corrected chi connectivity index (χ2v) is 4.86. The van der Waals surface area contributed by atoms with Crippen molar-refractivity contribution in [1.29, 1.82) is 0 Å². The number of nitrogens with one attached hydrogen (secondary N) is 1. The first-order valence-corrected chi connectivity index (χ1v) is 6.29. The van der Waals surface area contributed by atoms with Gasteiger partial charge in [-0.2, -0.15) is 0 Å². The third-order valence-electron chi connectivity index (χ3n) is 3.31. The lowest BCUT2D eigenvalue weighted by molar-refractivity contribution is -0.394. The van der Waals surface area contributed by atoms with Crippen LogP contribution in [0.4, 0.5) is 11.4 Å². The molecule has 1 fully saturated rings. The molecule has 0 saturated heterocycles. The van der Waals surface area contributed by atoms with E-state index in [4.69, 9.17) is 0 Å². The minimum Gasteiger partial charge on any atom is -0.392 e.